The lowest BCUT2D eigenvalue weighted by Crippen LogP contribution is -2.56. The summed E-state index contributed by atoms with van der Waals surface area (Å²) in [6.07, 6.45) is 4.46. The molecule has 122 valence electrons. The molecule has 2 saturated heterocycles. The summed E-state index contributed by atoms with van der Waals surface area (Å²) in [6, 6.07) is 0. The minimum absolute atomic E-state index is 0. The minimum atomic E-state index is -0.335. The number of piperidine rings is 1. The first-order chi connectivity index (χ1) is 9.50. The largest absolute Gasteiger partial charge is 0.349 e. The zero-order valence-corrected chi connectivity index (χ0v) is 14.2. The zero-order chi connectivity index (χ0) is 14.8. The maximum atomic E-state index is 12.7. The molecule has 1 atom stereocenters. The summed E-state index contributed by atoms with van der Waals surface area (Å²) in [5.41, 5.74) is -0.335. The Bertz CT molecular complexity index is 373. The van der Waals surface area contributed by atoms with E-state index in [9.17, 15) is 9.59 Å². The number of nitrogens with zero attached hydrogens (tertiary/aromatic N) is 2. The van der Waals surface area contributed by atoms with E-state index in [4.69, 9.17) is 0 Å². The fraction of sp³-hybridized carbons (Fsp3) is 0.867. The first-order valence-electron chi connectivity index (χ1n) is 7.76. The number of likely N-dealkylation sites (tertiary alicyclic amines) is 1. The lowest BCUT2D eigenvalue weighted by Gasteiger charge is -2.38. The van der Waals surface area contributed by atoms with Crippen molar-refractivity contribution in [3.05, 3.63) is 0 Å². The number of amides is 2. The normalized spacial score (nSPS) is 26.3. The molecule has 6 heteroatoms. The first-order valence-corrected chi connectivity index (χ1v) is 7.76. The van der Waals surface area contributed by atoms with E-state index in [0.717, 1.165) is 38.6 Å². The summed E-state index contributed by atoms with van der Waals surface area (Å²) in [5, 5.41) is 3.40. The van der Waals surface area contributed by atoms with Gasteiger partial charge in [-0.15, -0.1) is 12.4 Å². The molecule has 0 spiro atoms. The molecule has 1 N–H and O–H groups in total. The van der Waals surface area contributed by atoms with Gasteiger partial charge in [0.1, 0.15) is 0 Å². The summed E-state index contributed by atoms with van der Waals surface area (Å²) in [4.78, 5) is 28.3. The minimum Gasteiger partial charge on any atom is -0.349 e. The second-order valence-corrected chi connectivity index (χ2v) is 6.27. The van der Waals surface area contributed by atoms with Gasteiger partial charge in [-0.1, -0.05) is 6.92 Å². The van der Waals surface area contributed by atoms with Crippen LogP contribution in [0.3, 0.4) is 0 Å². The van der Waals surface area contributed by atoms with Crippen LogP contribution < -0.4 is 5.32 Å². The van der Waals surface area contributed by atoms with E-state index >= 15 is 0 Å². The molecule has 2 heterocycles. The zero-order valence-electron chi connectivity index (χ0n) is 13.4. The van der Waals surface area contributed by atoms with Crippen LogP contribution in [0.1, 0.15) is 39.0 Å². The lowest BCUT2D eigenvalue weighted by molar-refractivity contribution is -0.143. The molecule has 2 fully saturated rings. The van der Waals surface area contributed by atoms with Crippen molar-refractivity contribution in [1.82, 2.24) is 15.1 Å². The molecule has 0 aliphatic carbocycles. The van der Waals surface area contributed by atoms with Gasteiger partial charge < -0.3 is 15.1 Å². The van der Waals surface area contributed by atoms with Gasteiger partial charge in [0.2, 0.25) is 11.8 Å². The predicted molar refractivity (Wildman–Crippen MR) is 85.5 cm³/mol. The third kappa shape index (κ3) is 3.69. The molecule has 2 amide bonds. The molecule has 0 bridgehead atoms. The summed E-state index contributed by atoms with van der Waals surface area (Å²) in [7, 11) is 3.60. The monoisotopic (exact) mass is 317 g/mol. The van der Waals surface area contributed by atoms with E-state index in [0.29, 0.717) is 13.1 Å². The van der Waals surface area contributed by atoms with Crippen molar-refractivity contribution < 1.29 is 9.59 Å². The molecule has 1 unspecified atom stereocenters. The van der Waals surface area contributed by atoms with Gasteiger partial charge in [-0.2, -0.15) is 0 Å². The molecular formula is C15H28ClN3O2. The van der Waals surface area contributed by atoms with Crippen LogP contribution in [0.5, 0.6) is 0 Å². The summed E-state index contributed by atoms with van der Waals surface area (Å²) in [6.45, 7) is 4.45. The van der Waals surface area contributed by atoms with Crippen LogP contribution in [-0.4, -0.2) is 60.9 Å². The quantitative estimate of drug-likeness (QED) is 0.853. The Labute approximate surface area is 133 Å². The second-order valence-electron chi connectivity index (χ2n) is 6.27. The van der Waals surface area contributed by atoms with Crippen LogP contribution in [0.25, 0.3) is 0 Å². The van der Waals surface area contributed by atoms with Crippen molar-refractivity contribution in [3.8, 4) is 0 Å². The summed E-state index contributed by atoms with van der Waals surface area (Å²) in [5.74, 6) is 0.526. The predicted octanol–water partition coefficient (Wildman–Crippen LogP) is 1.27. The van der Waals surface area contributed by atoms with Gasteiger partial charge in [-0.05, 0) is 38.6 Å². The molecule has 0 aromatic rings. The van der Waals surface area contributed by atoms with Crippen molar-refractivity contribution in [2.45, 2.75) is 44.6 Å². The Hall–Kier alpha value is -0.810. The van der Waals surface area contributed by atoms with Crippen molar-refractivity contribution in [1.29, 1.82) is 0 Å². The molecule has 0 aromatic heterocycles. The number of nitrogens with one attached hydrogen (secondary N) is 1. The van der Waals surface area contributed by atoms with Gasteiger partial charge in [0.15, 0.2) is 0 Å². The van der Waals surface area contributed by atoms with Crippen molar-refractivity contribution in [2.75, 3.05) is 33.7 Å². The van der Waals surface area contributed by atoms with Crippen LogP contribution in [0.2, 0.25) is 0 Å². The summed E-state index contributed by atoms with van der Waals surface area (Å²) < 4.78 is 0. The highest BCUT2D eigenvalue weighted by Crippen LogP contribution is 2.28. The van der Waals surface area contributed by atoms with E-state index in [1.807, 2.05) is 4.90 Å². The van der Waals surface area contributed by atoms with Crippen LogP contribution in [-0.2, 0) is 9.59 Å². The fourth-order valence-electron chi connectivity index (χ4n) is 3.44. The van der Waals surface area contributed by atoms with E-state index in [1.54, 1.807) is 19.0 Å². The van der Waals surface area contributed by atoms with Crippen LogP contribution in [0.15, 0.2) is 0 Å². The maximum Gasteiger partial charge on any atom is 0.242 e. The highest BCUT2D eigenvalue weighted by atomic mass is 35.5. The van der Waals surface area contributed by atoms with Gasteiger partial charge in [0.25, 0.3) is 0 Å². The molecule has 0 aromatic carbocycles. The fourth-order valence-corrected chi connectivity index (χ4v) is 3.44. The van der Waals surface area contributed by atoms with Crippen LogP contribution in [0, 0.1) is 5.92 Å². The maximum absolute atomic E-state index is 12.7. The molecule has 5 nitrogen and oxygen atoms in total. The average molecular weight is 318 g/mol. The third-order valence-electron chi connectivity index (χ3n) is 4.83. The van der Waals surface area contributed by atoms with Crippen LogP contribution >= 0.6 is 12.4 Å². The number of rotatable bonds is 3. The molecule has 2 aliphatic rings. The lowest BCUT2D eigenvalue weighted by atomic mass is 9.89. The Balaban J connectivity index is 0.00000220. The van der Waals surface area contributed by atoms with Crippen molar-refractivity contribution in [2.24, 2.45) is 5.92 Å². The standard InChI is InChI=1S/C15H27N3O2.ClH/c1-4-15(8-5-9-16-15)14(20)18-10-6-12(7-11-18)13(19)17(2)3;/h12,16H,4-11H2,1-3H3;1H. The van der Waals surface area contributed by atoms with Gasteiger partial charge >= 0.3 is 0 Å². The second kappa shape index (κ2) is 7.45. The van der Waals surface area contributed by atoms with E-state index in [2.05, 4.69) is 12.2 Å². The Kier molecular flexibility index (Phi) is 6.47. The average Bonchev–Trinajstić information content (AvgIpc) is 2.96. The van der Waals surface area contributed by atoms with E-state index < -0.39 is 0 Å². The number of carbonyl (C=O) groups excluding carboxylic acids is 2. The summed E-state index contributed by atoms with van der Waals surface area (Å²) >= 11 is 0. The molecule has 0 saturated carbocycles. The van der Waals surface area contributed by atoms with Crippen molar-refractivity contribution >= 4 is 24.2 Å². The number of carbonyl (C=O) groups is 2. The van der Waals surface area contributed by atoms with Crippen molar-refractivity contribution in [3.63, 3.8) is 0 Å². The molecule has 2 rings (SSSR count). The van der Waals surface area contributed by atoms with Gasteiger partial charge in [0.05, 0.1) is 5.54 Å². The SMILES string of the molecule is CCC1(C(=O)N2CCC(C(=O)N(C)C)CC2)CCCN1.Cl. The number of halogens is 1. The van der Waals surface area contributed by atoms with Gasteiger partial charge in [0, 0.05) is 33.1 Å². The number of hydrogen-bond acceptors (Lipinski definition) is 3. The molecule has 0 radical (unpaired) electrons. The Morgan fingerprint density at radius 2 is 1.90 bits per heavy atom. The highest BCUT2D eigenvalue weighted by molar-refractivity contribution is 5.87. The van der Waals surface area contributed by atoms with E-state index in [1.165, 1.54) is 0 Å². The van der Waals surface area contributed by atoms with E-state index in [-0.39, 0.29) is 35.7 Å². The van der Waals surface area contributed by atoms with Gasteiger partial charge in [-0.3, -0.25) is 9.59 Å². The topological polar surface area (TPSA) is 52.7 Å². The molecule has 21 heavy (non-hydrogen) atoms. The van der Waals surface area contributed by atoms with Crippen LogP contribution in [0.4, 0.5) is 0 Å². The van der Waals surface area contributed by atoms with Gasteiger partial charge in [-0.25, -0.2) is 0 Å². The molecule has 2 aliphatic heterocycles. The highest BCUT2D eigenvalue weighted by Gasteiger charge is 2.42. The Morgan fingerprint density at radius 1 is 1.29 bits per heavy atom. The third-order valence-corrected chi connectivity index (χ3v) is 4.83. The first kappa shape index (κ1) is 18.2. The molecular weight excluding hydrogens is 290 g/mol. The Morgan fingerprint density at radius 3 is 2.33 bits per heavy atom. The number of hydrogen-bond donors (Lipinski definition) is 1. The smallest absolute Gasteiger partial charge is 0.242 e.